The molecule has 0 saturated carbocycles. The van der Waals surface area contributed by atoms with Crippen LogP contribution in [0.3, 0.4) is 0 Å². The van der Waals surface area contributed by atoms with Gasteiger partial charge in [0, 0.05) is 5.02 Å². The van der Waals surface area contributed by atoms with Gasteiger partial charge in [-0.1, -0.05) is 37.6 Å². The molecule has 0 aliphatic carbocycles. The summed E-state index contributed by atoms with van der Waals surface area (Å²) in [4.78, 5) is 13.1. The highest BCUT2D eigenvalue weighted by atomic mass is 35.5. The fraction of sp³-hybridized carbons (Fsp3) is 0.381. The summed E-state index contributed by atoms with van der Waals surface area (Å²) in [6.07, 6.45) is 2.08. The largest absolute Gasteiger partial charge is 0.497 e. The number of anilines is 1. The molecule has 0 aromatic heterocycles. The van der Waals surface area contributed by atoms with Crippen molar-refractivity contribution in [3.05, 3.63) is 59.1 Å². The van der Waals surface area contributed by atoms with Gasteiger partial charge in [-0.3, -0.25) is 9.10 Å². The molecular formula is C21H27ClN2O4S. The van der Waals surface area contributed by atoms with Gasteiger partial charge >= 0.3 is 0 Å². The van der Waals surface area contributed by atoms with Gasteiger partial charge in [0.1, 0.15) is 11.8 Å². The van der Waals surface area contributed by atoms with Crippen LogP contribution in [0.4, 0.5) is 5.69 Å². The first kappa shape index (κ1) is 23.0. The molecule has 0 bridgehead atoms. The predicted molar refractivity (Wildman–Crippen MR) is 117 cm³/mol. The lowest BCUT2D eigenvalue weighted by atomic mass is 10.0. The van der Waals surface area contributed by atoms with E-state index in [2.05, 4.69) is 5.32 Å². The molecule has 2 rings (SSSR count). The van der Waals surface area contributed by atoms with Crippen LogP contribution in [0.5, 0.6) is 5.75 Å². The fourth-order valence-corrected chi connectivity index (χ4v) is 4.51. The number of rotatable bonds is 9. The number of amides is 1. The van der Waals surface area contributed by atoms with Gasteiger partial charge < -0.3 is 10.1 Å². The van der Waals surface area contributed by atoms with E-state index in [1.807, 2.05) is 31.2 Å². The van der Waals surface area contributed by atoms with Crippen LogP contribution < -0.4 is 14.4 Å². The summed E-state index contributed by atoms with van der Waals surface area (Å²) in [5, 5.41) is 3.48. The van der Waals surface area contributed by atoms with Crippen molar-refractivity contribution in [3.8, 4) is 5.75 Å². The number of hydrogen-bond acceptors (Lipinski definition) is 4. The molecule has 0 radical (unpaired) electrons. The molecule has 29 heavy (non-hydrogen) atoms. The zero-order valence-corrected chi connectivity index (χ0v) is 18.6. The Balaban J connectivity index is 2.30. The molecule has 2 atom stereocenters. The zero-order valence-electron chi connectivity index (χ0n) is 17.1. The molecule has 1 amide bonds. The molecule has 158 valence electrons. The highest BCUT2D eigenvalue weighted by Crippen LogP contribution is 2.26. The van der Waals surface area contributed by atoms with Gasteiger partial charge in [0.15, 0.2) is 0 Å². The van der Waals surface area contributed by atoms with Crippen LogP contribution in [-0.2, 0) is 14.8 Å². The van der Waals surface area contributed by atoms with Crippen LogP contribution in [0.15, 0.2) is 48.5 Å². The van der Waals surface area contributed by atoms with E-state index in [1.165, 1.54) is 0 Å². The van der Waals surface area contributed by atoms with Crippen LogP contribution in [0.2, 0.25) is 5.02 Å². The number of halogens is 1. The number of sulfonamides is 1. The van der Waals surface area contributed by atoms with Crippen molar-refractivity contribution in [3.63, 3.8) is 0 Å². The Morgan fingerprint density at radius 3 is 2.10 bits per heavy atom. The number of carbonyl (C=O) groups excluding carboxylic acids is 1. The molecule has 0 unspecified atom stereocenters. The topological polar surface area (TPSA) is 75.7 Å². The summed E-state index contributed by atoms with van der Waals surface area (Å²) < 4.78 is 31.4. The van der Waals surface area contributed by atoms with Gasteiger partial charge in [-0.25, -0.2) is 8.42 Å². The molecule has 0 aliphatic rings. The Bertz CT molecular complexity index is 915. The molecule has 0 aliphatic heterocycles. The Morgan fingerprint density at radius 2 is 1.66 bits per heavy atom. The van der Waals surface area contributed by atoms with Gasteiger partial charge in [0.05, 0.1) is 25.1 Å². The highest BCUT2D eigenvalue weighted by molar-refractivity contribution is 7.92. The summed E-state index contributed by atoms with van der Waals surface area (Å²) in [5.74, 6) is 0.378. The lowest BCUT2D eigenvalue weighted by Gasteiger charge is -2.31. The number of carbonyl (C=O) groups is 1. The first-order valence-electron chi connectivity index (χ1n) is 9.40. The summed E-state index contributed by atoms with van der Waals surface area (Å²) in [7, 11) is -2.10. The fourth-order valence-electron chi connectivity index (χ4n) is 3.17. The van der Waals surface area contributed by atoms with E-state index in [0.717, 1.165) is 21.9 Å². The summed E-state index contributed by atoms with van der Waals surface area (Å²) in [6.45, 7) is 3.75. The van der Waals surface area contributed by atoms with E-state index >= 15 is 0 Å². The first-order valence-corrected chi connectivity index (χ1v) is 11.6. The highest BCUT2D eigenvalue weighted by Gasteiger charge is 2.32. The Hall–Kier alpha value is -2.25. The minimum Gasteiger partial charge on any atom is -0.497 e. The van der Waals surface area contributed by atoms with E-state index in [0.29, 0.717) is 23.6 Å². The molecule has 2 aromatic rings. The quantitative estimate of drug-likeness (QED) is 0.637. The van der Waals surface area contributed by atoms with Crippen molar-refractivity contribution in [2.45, 2.75) is 38.8 Å². The van der Waals surface area contributed by atoms with Crippen molar-refractivity contribution >= 4 is 33.2 Å². The average Bonchev–Trinajstić information content (AvgIpc) is 2.70. The van der Waals surface area contributed by atoms with Crippen LogP contribution in [0, 0.1) is 0 Å². The number of benzene rings is 2. The lowest BCUT2D eigenvalue weighted by molar-refractivity contribution is -0.123. The van der Waals surface area contributed by atoms with Crippen LogP contribution in [0.25, 0.3) is 0 Å². The predicted octanol–water partition coefficient (Wildman–Crippen LogP) is 4.16. The number of nitrogens with zero attached hydrogens (tertiary/aromatic N) is 1. The first-order chi connectivity index (χ1) is 13.7. The van der Waals surface area contributed by atoms with E-state index in [9.17, 15) is 13.2 Å². The minimum absolute atomic E-state index is 0.242. The second kappa shape index (κ2) is 9.98. The summed E-state index contributed by atoms with van der Waals surface area (Å²) >= 11 is 5.93. The third kappa shape index (κ3) is 5.87. The van der Waals surface area contributed by atoms with Gasteiger partial charge in [-0.15, -0.1) is 0 Å². The molecule has 6 nitrogen and oxygen atoms in total. The Kier molecular flexibility index (Phi) is 7.93. The smallest absolute Gasteiger partial charge is 0.244 e. The van der Waals surface area contributed by atoms with E-state index in [1.54, 1.807) is 38.3 Å². The SMILES string of the molecule is CC[C@H](NC(=O)[C@H](CC)N(c1ccc(Cl)cc1)S(C)(=O)=O)c1ccc(OC)cc1. The number of nitrogens with one attached hydrogen (secondary N) is 1. The van der Waals surface area contributed by atoms with Gasteiger partial charge in [0.25, 0.3) is 0 Å². The molecule has 1 N–H and O–H groups in total. The van der Waals surface area contributed by atoms with E-state index < -0.39 is 16.1 Å². The van der Waals surface area contributed by atoms with Crippen molar-refractivity contribution in [2.75, 3.05) is 17.7 Å². The molecule has 0 saturated heterocycles. The van der Waals surface area contributed by atoms with Gasteiger partial charge in [0.2, 0.25) is 15.9 Å². The van der Waals surface area contributed by atoms with Gasteiger partial charge in [-0.2, -0.15) is 0 Å². The molecule has 0 heterocycles. The molecule has 0 fully saturated rings. The molecular weight excluding hydrogens is 412 g/mol. The second-order valence-corrected chi connectivity index (χ2v) is 9.00. The molecule has 8 heteroatoms. The van der Waals surface area contributed by atoms with Crippen molar-refractivity contribution in [1.29, 1.82) is 0 Å². The number of hydrogen-bond donors (Lipinski definition) is 1. The lowest BCUT2D eigenvalue weighted by Crippen LogP contribution is -2.50. The minimum atomic E-state index is -3.69. The normalized spacial score (nSPS) is 13.4. The average molecular weight is 439 g/mol. The maximum atomic E-state index is 13.1. The standard InChI is InChI=1S/C21H27ClN2O4S/c1-5-19(15-7-13-18(28-3)14-8-15)23-21(25)20(6-2)24(29(4,26)27)17-11-9-16(22)10-12-17/h7-14,19-20H,5-6H2,1-4H3,(H,23,25)/t19-,20-/m0/s1. The van der Waals surface area contributed by atoms with E-state index in [4.69, 9.17) is 16.3 Å². The maximum absolute atomic E-state index is 13.1. The summed E-state index contributed by atoms with van der Waals surface area (Å²) in [6, 6.07) is 12.7. The monoisotopic (exact) mass is 438 g/mol. The second-order valence-electron chi connectivity index (χ2n) is 6.70. The summed E-state index contributed by atoms with van der Waals surface area (Å²) in [5.41, 5.74) is 1.32. The zero-order chi connectivity index (χ0) is 21.6. The van der Waals surface area contributed by atoms with Crippen molar-refractivity contribution < 1.29 is 17.9 Å². The Morgan fingerprint density at radius 1 is 1.07 bits per heavy atom. The van der Waals surface area contributed by atoms with Crippen LogP contribution >= 0.6 is 11.6 Å². The third-order valence-electron chi connectivity index (χ3n) is 4.65. The van der Waals surface area contributed by atoms with E-state index in [-0.39, 0.29) is 11.9 Å². The van der Waals surface area contributed by atoms with Crippen LogP contribution in [-0.4, -0.2) is 33.7 Å². The number of ether oxygens (including phenoxy) is 1. The van der Waals surface area contributed by atoms with Crippen molar-refractivity contribution in [1.82, 2.24) is 5.32 Å². The van der Waals surface area contributed by atoms with Crippen molar-refractivity contribution in [2.24, 2.45) is 0 Å². The maximum Gasteiger partial charge on any atom is 0.244 e. The van der Waals surface area contributed by atoms with Crippen LogP contribution in [0.1, 0.15) is 38.3 Å². The molecule has 0 spiro atoms. The third-order valence-corrected chi connectivity index (χ3v) is 6.09. The van der Waals surface area contributed by atoms with Gasteiger partial charge in [-0.05, 0) is 54.8 Å². The number of methoxy groups -OCH3 is 1. The molecule has 2 aromatic carbocycles. The Labute approximate surface area is 177 Å².